The Kier molecular flexibility index (Phi) is 4.80. The van der Waals surface area contributed by atoms with E-state index in [1.165, 1.54) is 12.3 Å². The van der Waals surface area contributed by atoms with E-state index in [2.05, 4.69) is 34.2 Å². The van der Waals surface area contributed by atoms with Crippen LogP contribution >= 0.6 is 11.6 Å². The van der Waals surface area contributed by atoms with Gasteiger partial charge < -0.3 is 16.0 Å². The highest BCUT2D eigenvalue weighted by Crippen LogP contribution is 2.15. The van der Waals surface area contributed by atoms with E-state index in [0.29, 0.717) is 23.8 Å². The summed E-state index contributed by atoms with van der Waals surface area (Å²) in [4.78, 5) is 20.5. The summed E-state index contributed by atoms with van der Waals surface area (Å²) in [6, 6.07) is 1.79. The third-order valence-electron chi connectivity index (χ3n) is 3.62. The van der Waals surface area contributed by atoms with E-state index in [-0.39, 0.29) is 11.1 Å². The smallest absolute Gasteiger partial charge is 0.253 e. The second-order valence-corrected chi connectivity index (χ2v) is 5.59. The molecule has 0 saturated carbocycles. The van der Waals surface area contributed by atoms with Gasteiger partial charge in [0.15, 0.2) is 0 Å². The van der Waals surface area contributed by atoms with Crippen LogP contribution in [0.3, 0.4) is 0 Å². The Morgan fingerprint density at radius 1 is 1.55 bits per heavy atom. The molecule has 20 heavy (non-hydrogen) atoms. The number of halogens is 1. The lowest BCUT2D eigenvalue weighted by Gasteiger charge is -2.37. The average Bonchev–Trinajstić information content (AvgIpc) is 2.42. The first-order chi connectivity index (χ1) is 9.47. The number of rotatable bonds is 3. The molecule has 2 heterocycles. The molecule has 1 aromatic heterocycles. The van der Waals surface area contributed by atoms with E-state index in [1.807, 2.05) is 0 Å². The molecule has 0 radical (unpaired) electrons. The van der Waals surface area contributed by atoms with E-state index in [4.69, 9.17) is 17.3 Å². The van der Waals surface area contributed by atoms with Gasteiger partial charge in [0.1, 0.15) is 5.15 Å². The topological polar surface area (TPSA) is 74.5 Å². The second-order valence-electron chi connectivity index (χ2n) is 5.20. The second kappa shape index (κ2) is 6.39. The highest BCUT2D eigenvalue weighted by atomic mass is 35.5. The molecule has 110 valence electrons. The van der Waals surface area contributed by atoms with Gasteiger partial charge in [-0.25, -0.2) is 4.98 Å². The summed E-state index contributed by atoms with van der Waals surface area (Å²) in [5.74, 6) is -0.214. The molecule has 0 aromatic carbocycles. The van der Waals surface area contributed by atoms with Crippen LogP contribution in [0.4, 0.5) is 5.69 Å². The van der Waals surface area contributed by atoms with Gasteiger partial charge in [-0.3, -0.25) is 9.69 Å². The van der Waals surface area contributed by atoms with Crippen LogP contribution in [0, 0.1) is 0 Å². The number of anilines is 1. The van der Waals surface area contributed by atoms with Gasteiger partial charge in [0.2, 0.25) is 0 Å². The van der Waals surface area contributed by atoms with Crippen LogP contribution in [-0.2, 0) is 0 Å². The number of nitrogens with two attached hydrogens (primary N) is 1. The number of carbonyl (C=O) groups is 1. The van der Waals surface area contributed by atoms with Gasteiger partial charge in [-0.1, -0.05) is 11.6 Å². The zero-order chi connectivity index (χ0) is 14.7. The van der Waals surface area contributed by atoms with Gasteiger partial charge in [0.05, 0.1) is 17.4 Å². The van der Waals surface area contributed by atoms with Crippen LogP contribution in [0.15, 0.2) is 12.3 Å². The number of likely N-dealkylation sites (N-methyl/N-ethyl adjacent to an activating group) is 2. The van der Waals surface area contributed by atoms with E-state index in [0.717, 1.165) is 19.6 Å². The predicted octanol–water partition coefficient (Wildman–Crippen LogP) is 0.293. The maximum atomic E-state index is 12.1. The Bertz CT molecular complexity index is 496. The Labute approximate surface area is 123 Å². The predicted molar refractivity (Wildman–Crippen MR) is 79.9 cm³/mol. The minimum Gasteiger partial charge on any atom is -0.397 e. The third kappa shape index (κ3) is 3.59. The molecule has 1 atom stereocenters. The van der Waals surface area contributed by atoms with Crippen LogP contribution in [0.1, 0.15) is 10.4 Å². The maximum absolute atomic E-state index is 12.1. The maximum Gasteiger partial charge on any atom is 0.253 e. The Hall–Kier alpha value is -1.37. The molecule has 1 aromatic rings. The van der Waals surface area contributed by atoms with Crippen LogP contribution in [0.25, 0.3) is 0 Å². The first-order valence-corrected chi connectivity index (χ1v) is 6.93. The molecule has 1 fully saturated rings. The molecule has 1 amide bonds. The lowest BCUT2D eigenvalue weighted by atomic mass is 10.1. The number of nitrogen functional groups attached to an aromatic ring is 1. The van der Waals surface area contributed by atoms with E-state index in [9.17, 15) is 4.79 Å². The number of aromatic nitrogens is 1. The molecular weight excluding hydrogens is 278 g/mol. The lowest BCUT2D eigenvalue weighted by Crippen LogP contribution is -2.54. The number of nitrogens with one attached hydrogen (secondary N) is 1. The fourth-order valence-electron chi connectivity index (χ4n) is 2.26. The van der Waals surface area contributed by atoms with E-state index in [1.54, 1.807) is 0 Å². The van der Waals surface area contributed by atoms with Crippen molar-refractivity contribution in [2.75, 3.05) is 46.0 Å². The summed E-state index contributed by atoms with van der Waals surface area (Å²) in [5, 5.41) is 3.18. The Morgan fingerprint density at radius 3 is 3.05 bits per heavy atom. The molecule has 1 saturated heterocycles. The molecule has 3 N–H and O–H groups in total. The SMILES string of the molecule is CN1CCN(C)C(CNC(=O)c2cc(Cl)ncc2N)C1. The van der Waals surface area contributed by atoms with Crippen molar-refractivity contribution in [1.82, 2.24) is 20.1 Å². The molecule has 0 bridgehead atoms. The summed E-state index contributed by atoms with van der Waals surface area (Å²) >= 11 is 5.79. The molecule has 0 spiro atoms. The molecule has 1 aliphatic heterocycles. The molecule has 6 nitrogen and oxygen atoms in total. The minimum absolute atomic E-state index is 0.214. The van der Waals surface area contributed by atoms with Gasteiger partial charge in [-0.05, 0) is 20.2 Å². The van der Waals surface area contributed by atoms with Crippen molar-refractivity contribution in [3.8, 4) is 0 Å². The highest BCUT2D eigenvalue weighted by Gasteiger charge is 2.23. The molecule has 2 rings (SSSR count). The van der Waals surface area contributed by atoms with Crippen molar-refractivity contribution in [1.29, 1.82) is 0 Å². The first kappa shape index (κ1) is 15.0. The minimum atomic E-state index is -0.214. The number of pyridine rings is 1. The van der Waals surface area contributed by atoms with Crippen molar-refractivity contribution in [3.05, 3.63) is 23.0 Å². The quantitative estimate of drug-likeness (QED) is 0.785. The number of amides is 1. The monoisotopic (exact) mass is 297 g/mol. The van der Waals surface area contributed by atoms with Crippen molar-refractivity contribution in [3.63, 3.8) is 0 Å². The number of hydrogen-bond donors (Lipinski definition) is 2. The molecule has 1 unspecified atom stereocenters. The Balaban J connectivity index is 1.96. The number of carbonyl (C=O) groups excluding carboxylic acids is 1. The van der Waals surface area contributed by atoms with Crippen LogP contribution < -0.4 is 11.1 Å². The average molecular weight is 298 g/mol. The van der Waals surface area contributed by atoms with Crippen molar-refractivity contribution in [2.45, 2.75) is 6.04 Å². The summed E-state index contributed by atoms with van der Waals surface area (Å²) < 4.78 is 0. The van der Waals surface area contributed by atoms with Crippen molar-refractivity contribution in [2.24, 2.45) is 0 Å². The zero-order valence-electron chi connectivity index (χ0n) is 11.8. The zero-order valence-corrected chi connectivity index (χ0v) is 12.5. The van der Waals surface area contributed by atoms with Gasteiger partial charge in [0.25, 0.3) is 5.91 Å². The van der Waals surface area contributed by atoms with Crippen LogP contribution in [-0.4, -0.2) is 67.0 Å². The van der Waals surface area contributed by atoms with Gasteiger partial charge >= 0.3 is 0 Å². The molecule has 1 aliphatic rings. The fraction of sp³-hybridized carbons (Fsp3) is 0.538. The van der Waals surface area contributed by atoms with Crippen molar-refractivity contribution >= 4 is 23.2 Å². The first-order valence-electron chi connectivity index (χ1n) is 6.55. The van der Waals surface area contributed by atoms with Gasteiger partial charge in [0, 0.05) is 32.2 Å². The molecule has 7 heteroatoms. The van der Waals surface area contributed by atoms with E-state index < -0.39 is 0 Å². The fourth-order valence-corrected chi connectivity index (χ4v) is 2.42. The van der Waals surface area contributed by atoms with Crippen LogP contribution in [0.2, 0.25) is 5.15 Å². The van der Waals surface area contributed by atoms with Crippen LogP contribution in [0.5, 0.6) is 0 Å². The summed E-state index contributed by atoms with van der Waals surface area (Å²) in [6.07, 6.45) is 1.40. The summed E-state index contributed by atoms with van der Waals surface area (Å²) in [7, 11) is 4.16. The number of hydrogen-bond acceptors (Lipinski definition) is 5. The highest BCUT2D eigenvalue weighted by molar-refractivity contribution is 6.29. The Morgan fingerprint density at radius 2 is 2.30 bits per heavy atom. The normalized spacial score (nSPS) is 20.9. The summed E-state index contributed by atoms with van der Waals surface area (Å²) in [5.41, 5.74) is 6.45. The van der Waals surface area contributed by atoms with Gasteiger partial charge in [-0.15, -0.1) is 0 Å². The number of nitrogens with zero attached hydrogens (tertiary/aromatic N) is 3. The van der Waals surface area contributed by atoms with Crippen molar-refractivity contribution < 1.29 is 4.79 Å². The van der Waals surface area contributed by atoms with Gasteiger partial charge in [-0.2, -0.15) is 0 Å². The third-order valence-corrected chi connectivity index (χ3v) is 3.83. The standard InChI is InChI=1S/C13H20ClN5O/c1-18-3-4-19(2)9(8-18)6-17-13(20)10-5-12(14)16-7-11(10)15/h5,7,9H,3-4,6,8,15H2,1-2H3,(H,17,20). The summed E-state index contributed by atoms with van der Waals surface area (Å²) in [6.45, 7) is 3.57. The largest absolute Gasteiger partial charge is 0.397 e. The van der Waals surface area contributed by atoms with E-state index >= 15 is 0 Å². The lowest BCUT2D eigenvalue weighted by molar-refractivity contribution is 0.0882. The number of piperazine rings is 1. The molecular formula is C13H20ClN5O. The molecule has 0 aliphatic carbocycles.